The van der Waals surface area contributed by atoms with Crippen molar-refractivity contribution in [1.29, 1.82) is 0 Å². The quantitative estimate of drug-likeness (QED) is 0.834. The van der Waals surface area contributed by atoms with Crippen LogP contribution in [0.5, 0.6) is 0 Å². The molecular weight excluding hydrogens is 356 g/mol. The van der Waals surface area contributed by atoms with Gasteiger partial charge in [-0.15, -0.1) is 12.4 Å². The van der Waals surface area contributed by atoms with Crippen LogP contribution >= 0.6 is 28.3 Å². The number of halogens is 2. The van der Waals surface area contributed by atoms with Crippen LogP contribution < -0.4 is 5.32 Å². The number of fused-ring (bicyclic) bond motifs is 1. The lowest BCUT2D eigenvalue weighted by Crippen LogP contribution is -2.52. The van der Waals surface area contributed by atoms with E-state index in [2.05, 4.69) is 28.2 Å². The van der Waals surface area contributed by atoms with Gasteiger partial charge in [0, 0.05) is 41.1 Å². The molecule has 3 rings (SSSR count). The number of aryl methyl sites for hydroxylation is 1. The molecule has 2 aromatic rings. The van der Waals surface area contributed by atoms with Gasteiger partial charge >= 0.3 is 0 Å². The highest BCUT2D eigenvalue weighted by Crippen LogP contribution is 2.29. The average molecular weight is 374 g/mol. The van der Waals surface area contributed by atoms with Crippen LogP contribution in [0.15, 0.2) is 27.1 Å². The maximum absolute atomic E-state index is 12.7. The fourth-order valence-electron chi connectivity index (χ4n) is 2.67. The molecule has 114 valence electrons. The van der Waals surface area contributed by atoms with Crippen molar-refractivity contribution in [3.05, 3.63) is 34.0 Å². The third kappa shape index (κ3) is 2.96. The Hall–Kier alpha value is -1.04. The van der Waals surface area contributed by atoms with Gasteiger partial charge in [0.05, 0.1) is 0 Å². The van der Waals surface area contributed by atoms with Gasteiger partial charge in [-0.05, 0) is 32.0 Å². The Bertz CT molecular complexity index is 671. The second-order valence-electron chi connectivity index (χ2n) is 5.25. The van der Waals surface area contributed by atoms with Gasteiger partial charge in [-0.25, -0.2) is 0 Å². The van der Waals surface area contributed by atoms with Gasteiger partial charge in [0.1, 0.15) is 5.58 Å². The number of carbonyl (C=O) groups is 1. The zero-order chi connectivity index (χ0) is 14.3. The highest BCUT2D eigenvalue weighted by atomic mass is 79.9. The third-order valence-electron chi connectivity index (χ3n) is 3.85. The second kappa shape index (κ2) is 6.38. The Labute approximate surface area is 138 Å². The van der Waals surface area contributed by atoms with Crippen molar-refractivity contribution >= 4 is 45.2 Å². The summed E-state index contributed by atoms with van der Waals surface area (Å²) in [6.45, 7) is 6.38. The van der Waals surface area contributed by atoms with E-state index in [1.165, 1.54) is 0 Å². The number of hydrogen-bond acceptors (Lipinski definition) is 3. The molecule has 0 bridgehead atoms. The smallest absolute Gasteiger partial charge is 0.290 e. The van der Waals surface area contributed by atoms with Crippen LogP contribution in [0.25, 0.3) is 11.0 Å². The molecule has 1 aromatic carbocycles. The number of rotatable bonds is 1. The molecule has 0 radical (unpaired) electrons. The Kier molecular flexibility index (Phi) is 4.96. The van der Waals surface area contributed by atoms with Crippen molar-refractivity contribution in [3.8, 4) is 0 Å². The van der Waals surface area contributed by atoms with Crippen LogP contribution in [-0.2, 0) is 0 Å². The van der Waals surface area contributed by atoms with E-state index in [9.17, 15) is 4.79 Å². The number of carbonyl (C=O) groups excluding carboxylic acids is 1. The first kappa shape index (κ1) is 16.3. The van der Waals surface area contributed by atoms with Gasteiger partial charge in [0.2, 0.25) is 0 Å². The Balaban J connectivity index is 0.00000161. The van der Waals surface area contributed by atoms with Gasteiger partial charge in [-0.3, -0.25) is 4.79 Å². The van der Waals surface area contributed by atoms with Crippen LogP contribution in [0.1, 0.15) is 23.0 Å². The molecule has 0 spiro atoms. The summed E-state index contributed by atoms with van der Waals surface area (Å²) < 4.78 is 6.77. The summed E-state index contributed by atoms with van der Waals surface area (Å²) in [5, 5.41) is 4.28. The van der Waals surface area contributed by atoms with Crippen molar-refractivity contribution in [3.63, 3.8) is 0 Å². The number of amides is 1. The molecule has 0 aliphatic carbocycles. The molecule has 1 aliphatic rings. The van der Waals surface area contributed by atoms with Crippen molar-refractivity contribution in [1.82, 2.24) is 10.2 Å². The molecule has 1 atom stereocenters. The summed E-state index contributed by atoms with van der Waals surface area (Å²) in [5.74, 6) is 0.454. The lowest BCUT2D eigenvalue weighted by Gasteiger charge is -2.33. The van der Waals surface area contributed by atoms with Crippen LogP contribution in [0.4, 0.5) is 0 Å². The summed E-state index contributed by atoms with van der Waals surface area (Å²) in [7, 11) is 0. The number of nitrogens with zero attached hydrogens (tertiary/aromatic N) is 1. The van der Waals surface area contributed by atoms with Gasteiger partial charge in [0.15, 0.2) is 5.76 Å². The van der Waals surface area contributed by atoms with Crippen molar-refractivity contribution in [2.45, 2.75) is 19.9 Å². The van der Waals surface area contributed by atoms with Crippen molar-refractivity contribution < 1.29 is 9.21 Å². The van der Waals surface area contributed by atoms with E-state index in [-0.39, 0.29) is 24.4 Å². The lowest BCUT2D eigenvalue weighted by molar-refractivity contribution is 0.0624. The van der Waals surface area contributed by atoms with Crippen LogP contribution in [0.3, 0.4) is 0 Å². The highest BCUT2D eigenvalue weighted by Gasteiger charge is 2.28. The highest BCUT2D eigenvalue weighted by molar-refractivity contribution is 9.10. The normalized spacial score (nSPS) is 18.6. The van der Waals surface area contributed by atoms with Crippen molar-refractivity contribution in [2.75, 3.05) is 19.6 Å². The van der Waals surface area contributed by atoms with E-state index >= 15 is 0 Å². The number of nitrogens with one attached hydrogen (secondary N) is 1. The minimum absolute atomic E-state index is 0. The molecule has 1 aliphatic heterocycles. The molecule has 1 N–H and O–H groups in total. The van der Waals surface area contributed by atoms with Gasteiger partial charge in [0.25, 0.3) is 5.91 Å². The van der Waals surface area contributed by atoms with E-state index in [4.69, 9.17) is 4.42 Å². The van der Waals surface area contributed by atoms with Crippen molar-refractivity contribution in [2.24, 2.45) is 0 Å². The van der Waals surface area contributed by atoms with Gasteiger partial charge < -0.3 is 14.6 Å². The molecule has 1 fully saturated rings. The Morgan fingerprint density at radius 1 is 1.48 bits per heavy atom. The molecule has 1 amide bonds. The standard InChI is InChI=1S/C15H17BrN2O2.ClH/c1-9-8-17-5-6-18(9)15(19)14-10(2)12-7-11(16)3-4-13(12)20-14;/h3-4,7,9,17H,5-6,8H2,1-2H3;1H/t9-;/m0./s1. The Morgan fingerprint density at radius 2 is 2.24 bits per heavy atom. The first-order chi connectivity index (χ1) is 9.58. The predicted octanol–water partition coefficient (Wildman–Crippen LogP) is 3.36. The van der Waals surface area contributed by atoms with Gasteiger partial charge in [-0.2, -0.15) is 0 Å². The van der Waals surface area contributed by atoms with E-state index in [1.54, 1.807) is 0 Å². The van der Waals surface area contributed by atoms with E-state index in [0.717, 1.165) is 40.6 Å². The number of piperazine rings is 1. The molecular formula is C15H18BrClN2O2. The summed E-state index contributed by atoms with van der Waals surface area (Å²) >= 11 is 3.45. The topological polar surface area (TPSA) is 45.5 Å². The molecule has 0 saturated carbocycles. The molecule has 6 heteroatoms. The molecule has 21 heavy (non-hydrogen) atoms. The minimum Gasteiger partial charge on any atom is -0.451 e. The first-order valence-corrected chi connectivity index (χ1v) is 7.57. The summed E-state index contributed by atoms with van der Waals surface area (Å²) in [5.41, 5.74) is 1.67. The van der Waals surface area contributed by atoms with E-state index < -0.39 is 0 Å². The van der Waals surface area contributed by atoms with Crippen LogP contribution in [-0.4, -0.2) is 36.5 Å². The summed E-state index contributed by atoms with van der Waals surface area (Å²) in [6, 6.07) is 6.00. The zero-order valence-electron chi connectivity index (χ0n) is 12.0. The van der Waals surface area contributed by atoms with Gasteiger partial charge in [-0.1, -0.05) is 15.9 Å². The zero-order valence-corrected chi connectivity index (χ0v) is 14.4. The van der Waals surface area contributed by atoms with E-state index in [1.807, 2.05) is 30.0 Å². The van der Waals surface area contributed by atoms with Crippen LogP contribution in [0.2, 0.25) is 0 Å². The fourth-order valence-corrected chi connectivity index (χ4v) is 3.03. The molecule has 1 saturated heterocycles. The SMILES string of the molecule is Cc1c(C(=O)N2CCNC[C@@H]2C)oc2ccc(Br)cc12.Cl. The first-order valence-electron chi connectivity index (χ1n) is 6.78. The summed E-state index contributed by atoms with van der Waals surface area (Å²) in [4.78, 5) is 14.6. The number of benzene rings is 1. The monoisotopic (exact) mass is 372 g/mol. The predicted molar refractivity (Wildman–Crippen MR) is 89.3 cm³/mol. The fraction of sp³-hybridized carbons (Fsp3) is 0.400. The van der Waals surface area contributed by atoms with E-state index in [0.29, 0.717) is 5.76 Å². The third-order valence-corrected chi connectivity index (χ3v) is 4.35. The molecule has 2 heterocycles. The molecule has 0 unspecified atom stereocenters. The number of hydrogen-bond donors (Lipinski definition) is 1. The maximum Gasteiger partial charge on any atom is 0.290 e. The summed E-state index contributed by atoms with van der Waals surface area (Å²) in [6.07, 6.45) is 0. The minimum atomic E-state index is -0.0103. The maximum atomic E-state index is 12.7. The average Bonchev–Trinajstić information content (AvgIpc) is 2.76. The lowest BCUT2D eigenvalue weighted by atomic mass is 10.1. The molecule has 1 aromatic heterocycles. The largest absolute Gasteiger partial charge is 0.451 e. The van der Waals surface area contributed by atoms with Crippen LogP contribution in [0, 0.1) is 6.92 Å². The molecule has 4 nitrogen and oxygen atoms in total. The Morgan fingerprint density at radius 3 is 2.95 bits per heavy atom. The number of furan rings is 1. The second-order valence-corrected chi connectivity index (χ2v) is 6.16.